The number of aliphatic hydroxyl groups excluding tert-OH is 2. The summed E-state index contributed by atoms with van der Waals surface area (Å²) >= 11 is 0. The lowest BCUT2D eigenvalue weighted by Gasteiger charge is -2.13. The highest BCUT2D eigenvalue weighted by atomic mass is 16.5. The van der Waals surface area contributed by atoms with Gasteiger partial charge < -0.3 is 36.2 Å². The van der Waals surface area contributed by atoms with E-state index in [1.54, 1.807) is 4.57 Å². The molecule has 0 atom stereocenters. The van der Waals surface area contributed by atoms with Gasteiger partial charge in [-0.05, 0) is 0 Å². The summed E-state index contributed by atoms with van der Waals surface area (Å²) in [6.07, 6.45) is 2.10. The molecule has 0 aliphatic rings. The number of aromatic nitrogens is 3. The van der Waals surface area contributed by atoms with E-state index in [9.17, 15) is 0 Å². The summed E-state index contributed by atoms with van der Waals surface area (Å²) in [4.78, 5) is 7.95. The molecule has 0 aliphatic heterocycles. The Morgan fingerprint density at radius 1 is 1.38 bits per heavy atom. The number of anilines is 1. The maximum atomic E-state index is 8.98. The molecule has 2 heterocycles. The van der Waals surface area contributed by atoms with Crippen molar-refractivity contribution >= 4 is 22.7 Å². The molecule has 21 heavy (non-hydrogen) atoms. The first-order chi connectivity index (χ1) is 10.1. The van der Waals surface area contributed by atoms with Crippen molar-refractivity contribution < 1.29 is 20.2 Å². The molecule has 0 fully saturated rings. The summed E-state index contributed by atoms with van der Waals surface area (Å²) in [7, 11) is 0. The molecule has 0 unspecified atom stereocenters. The zero-order valence-corrected chi connectivity index (χ0v) is 11.0. The van der Waals surface area contributed by atoms with Gasteiger partial charge in [-0.2, -0.15) is 0 Å². The van der Waals surface area contributed by atoms with Crippen molar-refractivity contribution in [2.75, 3.05) is 18.9 Å². The third-order valence-electron chi connectivity index (χ3n) is 2.92. The Morgan fingerprint density at radius 3 is 2.71 bits per heavy atom. The highest BCUT2D eigenvalue weighted by Gasteiger charge is 2.17. The van der Waals surface area contributed by atoms with E-state index in [4.69, 9.17) is 31.6 Å². The maximum Gasteiger partial charge on any atom is 0.172 e. The fourth-order valence-corrected chi connectivity index (χ4v) is 1.84. The molecule has 0 aromatic carbocycles. The van der Waals surface area contributed by atoms with E-state index in [1.807, 2.05) is 0 Å². The monoisotopic (exact) mass is 296 g/mol. The van der Waals surface area contributed by atoms with Crippen molar-refractivity contribution in [3.63, 3.8) is 0 Å². The second-order valence-corrected chi connectivity index (χ2v) is 4.24. The van der Waals surface area contributed by atoms with Crippen LogP contribution in [-0.4, -0.2) is 55.1 Å². The highest BCUT2D eigenvalue weighted by molar-refractivity contribution is 6.10. The molecule has 0 saturated heterocycles. The van der Waals surface area contributed by atoms with Gasteiger partial charge in [-0.1, -0.05) is 5.16 Å². The molecule has 2 aromatic rings. The molecule has 10 heteroatoms. The minimum Gasteiger partial charge on any atom is -0.409 e. The van der Waals surface area contributed by atoms with Crippen LogP contribution >= 0.6 is 0 Å². The molecule has 0 amide bonds. The Hall–Kier alpha value is -2.43. The first-order valence-corrected chi connectivity index (χ1v) is 6.02. The summed E-state index contributed by atoms with van der Waals surface area (Å²) in [5.74, 6) is 0.0438. The fourth-order valence-electron chi connectivity index (χ4n) is 1.84. The Kier molecular flexibility index (Phi) is 4.52. The average Bonchev–Trinajstić information content (AvgIpc) is 2.88. The van der Waals surface area contributed by atoms with Crippen LogP contribution in [-0.2, 0) is 11.5 Å². The number of nitrogen functional groups attached to an aromatic ring is 1. The van der Waals surface area contributed by atoms with E-state index in [1.165, 1.54) is 12.5 Å². The van der Waals surface area contributed by atoms with Gasteiger partial charge in [0.2, 0.25) is 0 Å². The number of nitrogens with zero attached hydrogens (tertiary/aromatic N) is 4. The van der Waals surface area contributed by atoms with Gasteiger partial charge in [0.15, 0.2) is 5.84 Å². The Bertz CT molecular complexity index is 651. The van der Waals surface area contributed by atoms with Gasteiger partial charge >= 0.3 is 0 Å². The Morgan fingerprint density at radius 2 is 2.10 bits per heavy atom. The summed E-state index contributed by atoms with van der Waals surface area (Å²) in [5.41, 5.74) is 12.2. The van der Waals surface area contributed by atoms with Gasteiger partial charge in [-0.15, -0.1) is 0 Å². The SMILES string of the molecule is N/C(=N\O)c1cn(COC(CO)CO)c2ncnc(N)c12. The van der Waals surface area contributed by atoms with Gasteiger partial charge in [0.25, 0.3) is 0 Å². The molecule has 0 saturated carbocycles. The number of hydrogen-bond acceptors (Lipinski definition) is 8. The molecular formula is C11H16N6O4. The summed E-state index contributed by atoms with van der Waals surface area (Å²) in [6.45, 7) is -0.642. The molecule has 114 valence electrons. The molecule has 2 aromatic heterocycles. The van der Waals surface area contributed by atoms with Crippen molar-refractivity contribution in [2.24, 2.45) is 10.9 Å². The number of rotatable bonds is 6. The lowest BCUT2D eigenvalue weighted by molar-refractivity contribution is -0.0487. The van der Waals surface area contributed by atoms with Crippen LogP contribution in [0.2, 0.25) is 0 Å². The first kappa shape index (κ1) is 15.0. The topological polar surface area (TPSA) is 165 Å². The van der Waals surface area contributed by atoms with E-state index >= 15 is 0 Å². The number of fused-ring (bicyclic) bond motifs is 1. The van der Waals surface area contributed by atoms with Crippen molar-refractivity contribution in [2.45, 2.75) is 12.8 Å². The molecule has 0 bridgehead atoms. The molecular weight excluding hydrogens is 280 g/mol. The van der Waals surface area contributed by atoms with E-state index in [0.717, 1.165) is 0 Å². The maximum absolute atomic E-state index is 8.98. The van der Waals surface area contributed by atoms with Crippen molar-refractivity contribution in [3.8, 4) is 0 Å². The van der Waals surface area contributed by atoms with E-state index in [-0.39, 0.29) is 31.6 Å². The second-order valence-electron chi connectivity index (χ2n) is 4.24. The zero-order chi connectivity index (χ0) is 15.4. The van der Waals surface area contributed by atoms with E-state index in [0.29, 0.717) is 16.6 Å². The summed E-state index contributed by atoms with van der Waals surface area (Å²) < 4.78 is 6.87. The number of hydrogen-bond donors (Lipinski definition) is 5. The van der Waals surface area contributed by atoms with Crippen LogP contribution in [0, 0.1) is 0 Å². The lowest BCUT2D eigenvalue weighted by Crippen LogP contribution is -2.23. The minimum atomic E-state index is -0.714. The number of aliphatic hydroxyl groups is 2. The second kappa shape index (κ2) is 6.35. The molecule has 0 radical (unpaired) electrons. The molecule has 7 N–H and O–H groups in total. The van der Waals surface area contributed by atoms with Crippen LogP contribution in [0.15, 0.2) is 17.7 Å². The van der Waals surface area contributed by atoms with Gasteiger partial charge in [-0.3, -0.25) is 0 Å². The van der Waals surface area contributed by atoms with Crippen LogP contribution in [0.25, 0.3) is 11.0 Å². The van der Waals surface area contributed by atoms with Crippen LogP contribution in [0.3, 0.4) is 0 Å². The van der Waals surface area contributed by atoms with Crippen LogP contribution in [0.4, 0.5) is 5.82 Å². The summed E-state index contributed by atoms with van der Waals surface area (Å²) in [5, 5.41) is 30.1. The third-order valence-corrected chi connectivity index (χ3v) is 2.92. The standard InChI is InChI=1S/C11H16N6O4/c12-9(16-20)7-1-17(5-21-6(2-18)3-19)11-8(7)10(13)14-4-15-11/h1,4,6,18-20H,2-3,5H2,(H2,12,16)(H2,13,14,15). The highest BCUT2D eigenvalue weighted by Crippen LogP contribution is 2.23. The summed E-state index contributed by atoms with van der Waals surface area (Å²) in [6, 6.07) is 0. The third kappa shape index (κ3) is 2.86. The molecule has 0 aliphatic carbocycles. The number of oxime groups is 1. The predicted molar refractivity (Wildman–Crippen MR) is 73.5 cm³/mol. The number of ether oxygens (including phenoxy) is 1. The van der Waals surface area contributed by atoms with Gasteiger partial charge in [0, 0.05) is 6.20 Å². The fraction of sp³-hybridized carbons (Fsp3) is 0.364. The molecule has 10 nitrogen and oxygen atoms in total. The predicted octanol–water partition coefficient (Wildman–Crippen LogP) is -1.56. The normalized spacial score (nSPS) is 12.4. The van der Waals surface area contributed by atoms with E-state index < -0.39 is 6.10 Å². The van der Waals surface area contributed by atoms with Gasteiger partial charge in [-0.25, -0.2) is 9.97 Å². The Labute approximate surface area is 119 Å². The lowest BCUT2D eigenvalue weighted by atomic mass is 10.2. The Balaban J connectivity index is 2.43. The number of amidine groups is 1. The van der Waals surface area contributed by atoms with Crippen LogP contribution < -0.4 is 11.5 Å². The first-order valence-electron chi connectivity index (χ1n) is 6.02. The minimum absolute atomic E-state index is 0.00253. The average molecular weight is 296 g/mol. The van der Waals surface area contributed by atoms with E-state index in [2.05, 4.69) is 15.1 Å². The van der Waals surface area contributed by atoms with Crippen molar-refractivity contribution in [3.05, 3.63) is 18.1 Å². The van der Waals surface area contributed by atoms with Gasteiger partial charge in [0.1, 0.15) is 30.6 Å². The number of nitrogens with two attached hydrogens (primary N) is 2. The van der Waals surface area contributed by atoms with Gasteiger partial charge in [0.05, 0.1) is 24.2 Å². The largest absolute Gasteiger partial charge is 0.409 e. The van der Waals surface area contributed by atoms with Crippen LogP contribution in [0.1, 0.15) is 5.56 Å². The van der Waals surface area contributed by atoms with Crippen molar-refractivity contribution in [1.29, 1.82) is 0 Å². The molecule has 2 rings (SSSR count). The molecule has 0 spiro atoms. The zero-order valence-electron chi connectivity index (χ0n) is 11.0. The smallest absolute Gasteiger partial charge is 0.172 e. The van der Waals surface area contributed by atoms with Crippen molar-refractivity contribution in [1.82, 2.24) is 14.5 Å². The quantitative estimate of drug-likeness (QED) is 0.185. The van der Waals surface area contributed by atoms with Crippen LogP contribution in [0.5, 0.6) is 0 Å².